The number of piperidine rings is 1. The minimum Gasteiger partial charge on any atom is -0.466 e. The fourth-order valence-corrected chi connectivity index (χ4v) is 3.53. The molecular formula is C18H21FN2O4. The van der Waals surface area contributed by atoms with E-state index in [0.717, 1.165) is 11.3 Å². The zero-order valence-electron chi connectivity index (χ0n) is 14.1. The SMILES string of the molecule is CCOC(=O)C1CCCN(C2CC(=O)N(c3ccccc3F)C2=O)C1. The van der Waals surface area contributed by atoms with Crippen molar-refractivity contribution in [2.24, 2.45) is 5.92 Å². The van der Waals surface area contributed by atoms with E-state index in [4.69, 9.17) is 4.74 Å². The molecule has 0 radical (unpaired) electrons. The highest BCUT2D eigenvalue weighted by Gasteiger charge is 2.45. The summed E-state index contributed by atoms with van der Waals surface area (Å²) >= 11 is 0. The molecule has 0 aliphatic carbocycles. The van der Waals surface area contributed by atoms with Gasteiger partial charge in [0.05, 0.1) is 30.7 Å². The van der Waals surface area contributed by atoms with Crippen LogP contribution in [0.5, 0.6) is 0 Å². The number of hydrogen-bond donors (Lipinski definition) is 0. The van der Waals surface area contributed by atoms with Gasteiger partial charge in [0.25, 0.3) is 5.91 Å². The number of anilines is 1. The lowest BCUT2D eigenvalue weighted by atomic mass is 9.96. The monoisotopic (exact) mass is 348 g/mol. The summed E-state index contributed by atoms with van der Waals surface area (Å²) in [4.78, 5) is 39.8. The third-order valence-electron chi connectivity index (χ3n) is 4.73. The molecule has 7 heteroatoms. The highest BCUT2D eigenvalue weighted by atomic mass is 19.1. The molecule has 2 unspecified atom stereocenters. The maximum absolute atomic E-state index is 14.0. The third kappa shape index (κ3) is 3.42. The van der Waals surface area contributed by atoms with E-state index in [1.54, 1.807) is 13.0 Å². The average Bonchev–Trinajstić information content (AvgIpc) is 2.90. The molecule has 134 valence electrons. The van der Waals surface area contributed by atoms with Crippen LogP contribution in [-0.4, -0.2) is 48.4 Å². The molecule has 2 fully saturated rings. The summed E-state index contributed by atoms with van der Waals surface area (Å²) in [7, 11) is 0. The maximum atomic E-state index is 14.0. The highest BCUT2D eigenvalue weighted by Crippen LogP contribution is 2.30. The van der Waals surface area contributed by atoms with Crippen LogP contribution in [0.15, 0.2) is 24.3 Å². The second kappa shape index (κ2) is 7.31. The number of likely N-dealkylation sites (tertiary alicyclic amines) is 1. The molecule has 1 aromatic carbocycles. The van der Waals surface area contributed by atoms with Crippen LogP contribution in [0.3, 0.4) is 0 Å². The van der Waals surface area contributed by atoms with Crippen LogP contribution in [0.25, 0.3) is 0 Å². The number of para-hydroxylation sites is 1. The van der Waals surface area contributed by atoms with E-state index < -0.39 is 23.7 Å². The number of rotatable bonds is 4. The molecule has 6 nitrogen and oxygen atoms in total. The molecule has 2 aliphatic heterocycles. The summed E-state index contributed by atoms with van der Waals surface area (Å²) in [6.07, 6.45) is 1.46. The van der Waals surface area contributed by atoms with Gasteiger partial charge in [-0.25, -0.2) is 9.29 Å². The van der Waals surface area contributed by atoms with E-state index in [9.17, 15) is 18.8 Å². The van der Waals surface area contributed by atoms with E-state index in [1.807, 2.05) is 4.90 Å². The Kier molecular flexibility index (Phi) is 5.13. The molecule has 0 N–H and O–H groups in total. The molecule has 0 spiro atoms. The van der Waals surface area contributed by atoms with Gasteiger partial charge in [0.15, 0.2) is 0 Å². The van der Waals surface area contributed by atoms with Gasteiger partial charge >= 0.3 is 5.97 Å². The van der Waals surface area contributed by atoms with Crippen molar-refractivity contribution in [1.82, 2.24) is 4.90 Å². The van der Waals surface area contributed by atoms with Crippen molar-refractivity contribution < 1.29 is 23.5 Å². The van der Waals surface area contributed by atoms with Gasteiger partial charge in [-0.3, -0.25) is 19.3 Å². The quantitative estimate of drug-likeness (QED) is 0.612. The number of esters is 1. The summed E-state index contributed by atoms with van der Waals surface area (Å²) in [5.74, 6) is -2.01. The van der Waals surface area contributed by atoms with Crippen LogP contribution < -0.4 is 4.90 Å². The maximum Gasteiger partial charge on any atom is 0.310 e. The van der Waals surface area contributed by atoms with Crippen LogP contribution in [0.4, 0.5) is 10.1 Å². The Morgan fingerprint density at radius 2 is 2.08 bits per heavy atom. The molecule has 3 rings (SSSR count). The van der Waals surface area contributed by atoms with Gasteiger partial charge in [-0.1, -0.05) is 12.1 Å². The zero-order chi connectivity index (χ0) is 18.0. The first-order chi connectivity index (χ1) is 12.0. The summed E-state index contributed by atoms with van der Waals surface area (Å²) in [6, 6.07) is 5.09. The minimum absolute atomic E-state index is 0.00269. The van der Waals surface area contributed by atoms with Gasteiger partial charge in [0.1, 0.15) is 5.82 Å². The highest BCUT2D eigenvalue weighted by molar-refractivity contribution is 6.22. The zero-order valence-corrected chi connectivity index (χ0v) is 14.1. The van der Waals surface area contributed by atoms with Crippen molar-refractivity contribution in [2.45, 2.75) is 32.2 Å². The van der Waals surface area contributed by atoms with E-state index in [1.165, 1.54) is 18.2 Å². The van der Waals surface area contributed by atoms with Gasteiger partial charge in [0, 0.05) is 6.54 Å². The largest absolute Gasteiger partial charge is 0.466 e. The smallest absolute Gasteiger partial charge is 0.310 e. The van der Waals surface area contributed by atoms with E-state index in [0.29, 0.717) is 26.1 Å². The molecule has 2 amide bonds. The van der Waals surface area contributed by atoms with Crippen LogP contribution in [-0.2, 0) is 19.1 Å². The number of carbonyl (C=O) groups excluding carboxylic acids is 3. The predicted molar refractivity (Wildman–Crippen MR) is 88.2 cm³/mol. The second-order valence-electron chi connectivity index (χ2n) is 6.32. The Morgan fingerprint density at radius 1 is 1.32 bits per heavy atom. The van der Waals surface area contributed by atoms with Crippen molar-refractivity contribution in [3.8, 4) is 0 Å². The molecule has 2 aliphatic rings. The van der Waals surface area contributed by atoms with Crippen LogP contribution in [0.1, 0.15) is 26.2 Å². The number of amides is 2. The van der Waals surface area contributed by atoms with Gasteiger partial charge in [-0.2, -0.15) is 0 Å². The van der Waals surface area contributed by atoms with Gasteiger partial charge in [0.2, 0.25) is 5.91 Å². The van der Waals surface area contributed by atoms with Crippen LogP contribution >= 0.6 is 0 Å². The standard InChI is InChI=1S/C18H21FN2O4/c1-2-25-18(24)12-6-5-9-20(11-12)15-10-16(22)21(17(15)23)14-8-4-3-7-13(14)19/h3-4,7-8,12,15H,2,5-6,9-11H2,1H3. The molecule has 1 aromatic rings. The molecule has 2 atom stereocenters. The van der Waals surface area contributed by atoms with Crippen molar-refractivity contribution in [3.05, 3.63) is 30.1 Å². The number of hydrogen-bond acceptors (Lipinski definition) is 5. The number of ether oxygens (including phenoxy) is 1. The Morgan fingerprint density at radius 3 is 2.80 bits per heavy atom. The van der Waals surface area contributed by atoms with E-state index in [-0.39, 0.29) is 24.0 Å². The number of benzene rings is 1. The van der Waals surface area contributed by atoms with E-state index in [2.05, 4.69) is 0 Å². The van der Waals surface area contributed by atoms with Crippen LogP contribution in [0.2, 0.25) is 0 Å². The van der Waals surface area contributed by atoms with Crippen molar-refractivity contribution in [1.29, 1.82) is 0 Å². The Hall–Kier alpha value is -2.28. The first-order valence-corrected chi connectivity index (χ1v) is 8.55. The van der Waals surface area contributed by atoms with Gasteiger partial charge in [-0.15, -0.1) is 0 Å². The summed E-state index contributed by atoms with van der Waals surface area (Å²) in [6.45, 7) is 3.08. The fraction of sp³-hybridized carbons (Fsp3) is 0.500. The van der Waals surface area contributed by atoms with Gasteiger partial charge < -0.3 is 4.74 Å². The molecule has 2 heterocycles. The van der Waals surface area contributed by atoms with Crippen molar-refractivity contribution in [2.75, 3.05) is 24.6 Å². The van der Waals surface area contributed by atoms with Crippen molar-refractivity contribution in [3.63, 3.8) is 0 Å². The summed E-state index contributed by atoms with van der Waals surface area (Å²) in [5, 5.41) is 0. The number of nitrogens with zero attached hydrogens (tertiary/aromatic N) is 2. The second-order valence-corrected chi connectivity index (χ2v) is 6.32. The summed E-state index contributed by atoms with van der Waals surface area (Å²) in [5.41, 5.74) is -0.0149. The van der Waals surface area contributed by atoms with Crippen molar-refractivity contribution >= 4 is 23.5 Å². The molecule has 0 bridgehead atoms. The Balaban J connectivity index is 1.76. The topological polar surface area (TPSA) is 66.9 Å². The third-order valence-corrected chi connectivity index (χ3v) is 4.73. The molecule has 25 heavy (non-hydrogen) atoms. The first kappa shape index (κ1) is 17.5. The fourth-order valence-electron chi connectivity index (χ4n) is 3.53. The Labute approximate surface area is 145 Å². The molecule has 0 saturated carbocycles. The molecular weight excluding hydrogens is 327 g/mol. The average molecular weight is 348 g/mol. The lowest BCUT2D eigenvalue weighted by molar-refractivity contribution is -0.150. The molecule has 2 saturated heterocycles. The Bertz CT molecular complexity index is 693. The first-order valence-electron chi connectivity index (χ1n) is 8.55. The number of imide groups is 1. The number of carbonyl (C=O) groups is 3. The van der Waals surface area contributed by atoms with Crippen LogP contribution in [0, 0.1) is 11.7 Å². The lowest BCUT2D eigenvalue weighted by Gasteiger charge is -2.34. The summed E-state index contributed by atoms with van der Waals surface area (Å²) < 4.78 is 19.1. The normalized spacial score (nSPS) is 24.6. The van der Waals surface area contributed by atoms with Gasteiger partial charge in [-0.05, 0) is 38.4 Å². The predicted octanol–water partition coefficient (Wildman–Crippen LogP) is 1.73. The number of halogens is 1. The minimum atomic E-state index is -0.649. The molecule has 0 aromatic heterocycles. The van der Waals surface area contributed by atoms with E-state index >= 15 is 0 Å². The lowest BCUT2D eigenvalue weighted by Crippen LogP contribution is -2.48.